The average molecular weight is 374 g/mol. The van der Waals surface area contributed by atoms with Crippen LogP contribution in [0.3, 0.4) is 0 Å². The van der Waals surface area contributed by atoms with Gasteiger partial charge < -0.3 is 14.6 Å². The van der Waals surface area contributed by atoms with Crippen LogP contribution in [0, 0.1) is 25.7 Å². The Labute approximate surface area is 160 Å². The lowest BCUT2D eigenvalue weighted by molar-refractivity contribution is -0.139. The van der Waals surface area contributed by atoms with Gasteiger partial charge in [0, 0.05) is 23.7 Å². The highest BCUT2D eigenvalue weighted by Crippen LogP contribution is 2.34. The normalized spacial score (nSPS) is 17.9. The van der Waals surface area contributed by atoms with Gasteiger partial charge in [0.25, 0.3) is 0 Å². The van der Waals surface area contributed by atoms with Crippen LogP contribution in [0.1, 0.15) is 78.1 Å². The third kappa shape index (κ3) is 3.94. The van der Waals surface area contributed by atoms with Crippen molar-refractivity contribution < 1.29 is 19.1 Å². The first-order valence-corrected chi connectivity index (χ1v) is 10.1. The predicted octanol–water partition coefficient (Wildman–Crippen LogP) is 3.42. The van der Waals surface area contributed by atoms with Gasteiger partial charge in [-0.2, -0.15) is 0 Å². The first-order chi connectivity index (χ1) is 12.8. The molecule has 0 spiro atoms. The average Bonchev–Trinajstić information content (AvgIpc) is 3.34. The summed E-state index contributed by atoms with van der Waals surface area (Å²) in [5.74, 6) is 0.149. The Bertz CT molecular complexity index is 744. The smallest absolute Gasteiger partial charge is 0.355 e. The maximum Gasteiger partial charge on any atom is 0.355 e. The van der Waals surface area contributed by atoms with E-state index in [1.807, 2.05) is 6.92 Å². The van der Waals surface area contributed by atoms with Crippen molar-refractivity contribution in [1.82, 2.24) is 9.88 Å². The van der Waals surface area contributed by atoms with E-state index in [0.717, 1.165) is 32.1 Å². The van der Waals surface area contributed by atoms with Crippen molar-refractivity contribution in [1.29, 1.82) is 0 Å². The number of nitrogens with zero attached hydrogens (tertiary/aromatic N) is 1. The summed E-state index contributed by atoms with van der Waals surface area (Å²) < 4.78 is 5.07. The molecule has 1 aromatic rings. The van der Waals surface area contributed by atoms with Crippen molar-refractivity contribution in [2.45, 2.75) is 65.8 Å². The van der Waals surface area contributed by atoms with Crippen molar-refractivity contribution in [3.63, 3.8) is 0 Å². The molecule has 0 aromatic carbocycles. The summed E-state index contributed by atoms with van der Waals surface area (Å²) in [5, 5.41) is 0. The Morgan fingerprint density at radius 3 is 2.37 bits per heavy atom. The van der Waals surface area contributed by atoms with E-state index in [-0.39, 0.29) is 24.2 Å². The monoisotopic (exact) mass is 374 g/mol. The molecule has 3 rings (SSSR count). The zero-order chi connectivity index (χ0) is 19.7. The number of aromatic nitrogens is 1. The van der Waals surface area contributed by atoms with Crippen LogP contribution in [0.15, 0.2) is 0 Å². The summed E-state index contributed by atoms with van der Waals surface area (Å²) >= 11 is 0. The van der Waals surface area contributed by atoms with Crippen molar-refractivity contribution in [3.05, 3.63) is 22.5 Å². The number of ether oxygens (including phenoxy) is 1. The van der Waals surface area contributed by atoms with Gasteiger partial charge in [0.15, 0.2) is 5.78 Å². The topological polar surface area (TPSA) is 79.5 Å². The standard InChI is InChI=1S/C21H30N2O4/c1-5-27-21(26)18-12(2)17(13(3)22-18)19(24)14(4)23(11-15-9-10-15)20(25)16-7-6-8-16/h14-16,22H,5-11H2,1-4H3/t14-/m1/s1. The molecular weight excluding hydrogens is 344 g/mol. The first-order valence-electron chi connectivity index (χ1n) is 10.1. The summed E-state index contributed by atoms with van der Waals surface area (Å²) in [4.78, 5) is 43.1. The number of H-pyrrole nitrogens is 1. The maximum atomic E-state index is 13.3. The second-order valence-electron chi connectivity index (χ2n) is 7.95. The zero-order valence-electron chi connectivity index (χ0n) is 16.8. The Morgan fingerprint density at radius 2 is 1.85 bits per heavy atom. The Hall–Kier alpha value is -2.11. The van der Waals surface area contributed by atoms with Crippen molar-refractivity contribution in [3.8, 4) is 0 Å². The molecule has 1 atom stereocenters. The number of Topliss-reactive ketones (excluding diaryl/α,β-unsaturated/α-hetero) is 1. The van der Waals surface area contributed by atoms with Gasteiger partial charge in [-0.15, -0.1) is 0 Å². The summed E-state index contributed by atoms with van der Waals surface area (Å²) in [6, 6.07) is -0.526. The van der Waals surface area contributed by atoms with E-state index in [9.17, 15) is 14.4 Å². The molecule has 0 bridgehead atoms. The fourth-order valence-corrected chi connectivity index (χ4v) is 3.78. The quantitative estimate of drug-likeness (QED) is 0.558. The van der Waals surface area contributed by atoms with Crippen LogP contribution in [0.25, 0.3) is 0 Å². The van der Waals surface area contributed by atoms with Gasteiger partial charge in [-0.1, -0.05) is 6.42 Å². The Morgan fingerprint density at radius 1 is 1.19 bits per heavy atom. The lowest BCUT2D eigenvalue weighted by Gasteiger charge is -2.35. The summed E-state index contributed by atoms with van der Waals surface area (Å²) in [5.41, 5.74) is 2.08. The number of hydrogen-bond donors (Lipinski definition) is 1. The Kier molecular flexibility index (Phi) is 5.72. The predicted molar refractivity (Wildman–Crippen MR) is 102 cm³/mol. The number of aromatic amines is 1. The zero-order valence-corrected chi connectivity index (χ0v) is 16.8. The Balaban J connectivity index is 1.84. The van der Waals surface area contributed by atoms with Crippen molar-refractivity contribution >= 4 is 17.7 Å². The highest BCUT2D eigenvalue weighted by Gasteiger charge is 2.38. The van der Waals surface area contributed by atoms with Gasteiger partial charge in [-0.05, 0) is 64.9 Å². The van der Waals surface area contributed by atoms with Crippen molar-refractivity contribution in [2.75, 3.05) is 13.2 Å². The lowest BCUT2D eigenvalue weighted by atomic mass is 9.83. The molecule has 1 amide bonds. The fourth-order valence-electron chi connectivity index (χ4n) is 3.78. The van der Waals surface area contributed by atoms with E-state index < -0.39 is 12.0 Å². The molecule has 0 aliphatic heterocycles. The highest BCUT2D eigenvalue weighted by atomic mass is 16.5. The summed E-state index contributed by atoms with van der Waals surface area (Å²) in [7, 11) is 0. The van der Waals surface area contributed by atoms with E-state index in [0.29, 0.717) is 35.0 Å². The molecule has 148 valence electrons. The molecular formula is C21H30N2O4. The number of aryl methyl sites for hydroxylation is 1. The van der Waals surface area contributed by atoms with Crippen LogP contribution < -0.4 is 0 Å². The third-order valence-electron chi connectivity index (χ3n) is 5.90. The first kappa shape index (κ1) is 19.6. The molecule has 0 saturated heterocycles. The molecule has 0 radical (unpaired) electrons. The minimum atomic E-state index is -0.526. The molecule has 6 heteroatoms. The maximum absolute atomic E-state index is 13.3. The van der Waals surface area contributed by atoms with E-state index in [2.05, 4.69) is 4.98 Å². The van der Waals surface area contributed by atoms with Crippen LogP contribution in [-0.4, -0.2) is 46.7 Å². The summed E-state index contributed by atoms with van der Waals surface area (Å²) in [6.07, 6.45) is 5.20. The third-order valence-corrected chi connectivity index (χ3v) is 5.90. The molecule has 0 unspecified atom stereocenters. The van der Waals surface area contributed by atoms with Gasteiger partial charge in [-0.3, -0.25) is 9.59 Å². The molecule has 2 saturated carbocycles. The molecule has 6 nitrogen and oxygen atoms in total. The van der Waals surface area contributed by atoms with E-state index in [4.69, 9.17) is 4.74 Å². The number of nitrogens with one attached hydrogen (secondary N) is 1. The van der Waals surface area contributed by atoms with Gasteiger partial charge in [0.1, 0.15) is 5.69 Å². The van der Waals surface area contributed by atoms with Crippen LogP contribution >= 0.6 is 0 Å². The van der Waals surface area contributed by atoms with E-state index in [1.165, 1.54) is 0 Å². The van der Waals surface area contributed by atoms with Gasteiger partial charge >= 0.3 is 5.97 Å². The van der Waals surface area contributed by atoms with Crippen LogP contribution in [0.5, 0.6) is 0 Å². The van der Waals surface area contributed by atoms with Crippen molar-refractivity contribution in [2.24, 2.45) is 11.8 Å². The van der Waals surface area contributed by atoms with Crippen LogP contribution in [0.2, 0.25) is 0 Å². The van der Waals surface area contributed by atoms with Crippen LogP contribution in [0.4, 0.5) is 0 Å². The number of amides is 1. The van der Waals surface area contributed by atoms with Gasteiger partial charge in [-0.25, -0.2) is 4.79 Å². The highest BCUT2D eigenvalue weighted by molar-refractivity contribution is 6.06. The van der Waals surface area contributed by atoms with Gasteiger partial charge in [0.05, 0.1) is 12.6 Å². The number of carbonyl (C=O) groups is 3. The SMILES string of the molecule is CCOC(=O)c1[nH]c(C)c(C(=O)[C@@H](C)N(CC2CC2)C(=O)C2CCC2)c1C. The number of carbonyl (C=O) groups excluding carboxylic acids is 3. The van der Waals surface area contributed by atoms with Crippen LogP contribution in [-0.2, 0) is 9.53 Å². The number of esters is 1. The molecule has 1 N–H and O–H groups in total. The second kappa shape index (κ2) is 7.87. The molecule has 2 aliphatic carbocycles. The minimum Gasteiger partial charge on any atom is -0.461 e. The number of ketones is 1. The summed E-state index contributed by atoms with van der Waals surface area (Å²) in [6.45, 7) is 8.05. The lowest BCUT2D eigenvalue weighted by Crippen LogP contribution is -2.48. The van der Waals surface area contributed by atoms with E-state index in [1.54, 1.807) is 25.7 Å². The number of hydrogen-bond acceptors (Lipinski definition) is 4. The molecule has 2 aliphatic rings. The molecule has 1 aromatic heterocycles. The minimum absolute atomic E-state index is 0.0718. The number of rotatable bonds is 8. The molecule has 1 heterocycles. The molecule has 27 heavy (non-hydrogen) atoms. The largest absolute Gasteiger partial charge is 0.461 e. The second-order valence-corrected chi connectivity index (χ2v) is 7.95. The van der Waals surface area contributed by atoms with E-state index >= 15 is 0 Å². The fraction of sp³-hybridized carbons (Fsp3) is 0.667. The van der Waals surface area contributed by atoms with Gasteiger partial charge in [0.2, 0.25) is 5.91 Å². The molecule has 2 fully saturated rings.